The van der Waals surface area contributed by atoms with Crippen LogP contribution in [0.1, 0.15) is 24.2 Å². The molecule has 0 saturated heterocycles. The predicted octanol–water partition coefficient (Wildman–Crippen LogP) is 1.56. The van der Waals surface area contributed by atoms with E-state index in [1.54, 1.807) is 0 Å². The molecule has 0 aliphatic rings. The maximum Gasteiger partial charge on any atom is 0.0533 e. The van der Waals surface area contributed by atoms with Crippen LogP contribution in [0.2, 0.25) is 0 Å². The van der Waals surface area contributed by atoms with Gasteiger partial charge in [0.2, 0.25) is 0 Å². The van der Waals surface area contributed by atoms with Crippen LogP contribution in [0.3, 0.4) is 0 Å². The van der Waals surface area contributed by atoms with Gasteiger partial charge in [0.1, 0.15) is 0 Å². The fourth-order valence-corrected chi connectivity index (χ4v) is 2.14. The molecule has 0 aromatic carbocycles. The van der Waals surface area contributed by atoms with Crippen LogP contribution in [0.5, 0.6) is 0 Å². The fourth-order valence-electron chi connectivity index (χ4n) is 1.17. The van der Waals surface area contributed by atoms with E-state index in [0.29, 0.717) is 11.8 Å². The van der Waals surface area contributed by atoms with Crippen LogP contribution in [-0.4, -0.2) is 22.1 Å². The highest BCUT2D eigenvalue weighted by Gasteiger charge is 2.10. The summed E-state index contributed by atoms with van der Waals surface area (Å²) in [5.41, 5.74) is 6.94. The lowest BCUT2D eigenvalue weighted by atomic mass is 10.2. The first kappa shape index (κ1) is 10.6. The molecule has 0 aliphatic carbocycles. The zero-order chi connectivity index (χ0) is 9.68. The molecule has 0 bridgehead atoms. The van der Waals surface area contributed by atoms with Crippen molar-refractivity contribution >= 4 is 11.8 Å². The maximum atomic E-state index is 5.70. The summed E-state index contributed by atoms with van der Waals surface area (Å²) in [6.07, 6.45) is 5.14. The Bertz CT molecular complexity index is 247. The van der Waals surface area contributed by atoms with Crippen molar-refractivity contribution in [1.29, 1.82) is 0 Å². The van der Waals surface area contributed by atoms with Gasteiger partial charge in [0.25, 0.3) is 0 Å². The largest absolute Gasteiger partial charge is 0.329 e. The summed E-state index contributed by atoms with van der Waals surface area (Å²) in [6.45, 7) is 2.88. The van der Waals surface area contributed by atoms with E-state index in [9.17, 15) is 0 Å². The molecule has 1 rings (SSSR count). The highest BCUT2D eigenvalue weighted by Crippen LogP contribution is 2.27. The van der Waals surface area contributed by atoms with Gasteiger partial charge in [-0.15, -0.1) is 0 Å². The summed E-state index contributed by atoms with van der Waals surface area (Å²) in [7, 11) is 1.93. The van der Waals surface area contributed by atoms with Gasteiger partial charge in [-0.1, -0.05) is 6.92 Å². The summed E-state index contributed by atoms with van der Waals surface area (Å²) >= 11 is 1.91. The molecular weight excluding hydrogens is 182 g/mol. The maximum absolute atomic E-state index is 5.70. The monoisotopic (exact) mass is 199 g/mol. The van der Waals surface area contributed by atoms with Crippen LogP contribution < -0.4 is 5.73 Å². The molecule has 0 fully saturated rings. The third kappa shape index (κ3) is 3.04. The Kier molecular flexibility index (Phi) is 4.32. The first-order chi connectivity index (χ1) is 6.27. The van der Waals surface area contributed by atoms with Gasteiger partial charge in [-0.25, -0.2) is 0 Å². The Morgan fingerprint density at radius 2 is 2.46 bits per heavy atom. The normalized spacial score (nSPS) is 13.2. The summed E-state index contributed by atoms with van der Waals surface area (Å²) in [5.74, 6) is 1.16. The third-order valence-corrected chi connectivity index (χ3v) is 3.34. The number of hydrogen-bond donors (Lipinski definition) is 1. The zero-order valence-corrected chi connectivity index (χ0v) is 9.05. The molecule has 0 saturated carbocycles. The quantitative estimate of drug-likeness (QED) is 0.782. The standard InChI is InChI=1S/C9H17N3S/c1-3-4-13-9(5-10)8-6-11-12(2)7-8/h6-7,9H,3-5,10H2,1-2H3. The smallest absolute Gasteiger partial charge is 0.0533 e. The van der Waals surface area contributed by atoms with E-state index in [1.165, 1.54) is 12.0 Å². The van der Waals surface area contributed by atoms with Crippen LogP contribution in [-0.2, 0) is 7.05 Å². The number of nitrogens with zero attached hydrogens (tertiary/aromatic N) is 2. The summed E-state index contributed by atoms with van der Waals surface area (Å²) in [5, 5.41) is 4.55. The van der Waals surface area contributed by atoms with E-state index in [2.05, 4.69) is 12.0 Å². The minimum absolute atomic E-state index is 0.411. The van der Waals surface area contributed by atoms with Gasteiger partial charge in [0.15, 0.2) is 0 Å². The van der Waals surface area contributed by atoms with Crippen molar-refractivity contribution < 1.29 is 0 Å². The molecule has 0 spiro atoms. The van der Waals surface area contributed by atoms with Crippen LogP contribution in [0.25, 0.3) is 0 Å². The molecule has 1 unspecified atom stereocenters. The molecule has 0 aliphatic heterocycles. The first-order valence-corrected chi connectivity index (χ1v) is 5.63. The number of rotatable bonds is 5. The average Bonchev–Trinajstić information content (AvgIpc) is 2.54. The minimum atomic E-state index is 0.411. The van der Waals surface area contributed by atoms with Crippen molar-refractivity contribution in [2.75, 3.05) is 12.3 Å². The topological polar surface area (TPSA) is 43.8 Å². The summed E-state index contributed by atoms with van der Waals surface area (Å²) in [4.78, 5) is 0. The van der Waals surface area contributed by atoms with E-state index >= 15 is 0 Å². The van der Waals surface area contributed by atoms with E-state index in [1.807, 2.05) is 35.9 Å². The summed E-state index contributed by atoms with van der Waals surface area (Å²) in [6, 6.07) is 0. The zero-order valence-electron chi connectivity index (χ0n) is 8.23. The van der Waals surface area contributed by atoms with Gasteiger partial charge >= 0.3 is 0 Å². The molecule has 1 atom stereocenters. The van der Waals surface area contributed by atoms with Crippen molar-refractivity contribution in [3.8, 4) is 0 Å². The number of hydrogen-bond acceptors (Lipinski definition) is 3. The number of nitrogens with two attached hydrogens (primary N) is 1. The lowest BCUT2D eigenvalue weighted by Gasteiger charge is -2.10. The van der Waals surface area contributed by atoms with Crippen molar-refractivity contribution in [2.24, 2.45) is 12.8 Å². The SMILES string of the molecule is CCCSC(CN)c1cnn(C)c1. The Morgan fingerprint density at radius 1 is 1.69 bits per heavy atom. The molecule has 74 valence electrons. The molecule has 0 radical (unpaired) electrons. The Morgan fingerprint density at radius 3 is 2.92 bits per heavy atom. The number of aromatic nitrogens is 2. The molecule has 0 amide bonds. The van der Waals surface area contributed by atoms with Crippen LogP contribution in [0, 0.1) is 0 Å². The highest BCUT2D eigenvalue weighted by molar-refractivity contribution is 7.99. The van der Waals surface area contributed by atoms with Gasteiger partial charge < -0.3 is 5.73 Å². The Hall–Kier alpha value is -0.480. The molecule has 4 heteroatoms. The molecule has 1 aromatic heterocycles. The predicted molar refractivity (Wildman–Crippen MR) is 57.8 cm³/mol. The molecule has 1 heterocycles. The summed E-state index contributed by atoms with van der Waals surface area (Å²) < 4.78 is 1.82. The molecule has 2 N–H and O–H groups in total. The molecule has 13 heavy (non-hydrogen) atoms. The van der Waals surface area contributed by atoms with Gasteiger partial charge in [0, 0.05) is 30.6 Å². The van der Waals surface area contributed by atoms with Crippen molar-refractivity contribution in [2.45, 2.75) is 18.6 Å². The lowest BCUT2D eigenvalue weighted by Crippen LogP contribution is -2.09. The van der Waals surface area contributed by atoms with E-state index < -0.39 is 0 Å². The second kappa shape index (κ2) is 5.29. The second-order valence-corrected chi connectivity index (χ2v) is 4.35. The third-order valence-electron chi connectivity index (χ3n) is 1.83. The second-order valence-electron chi connectivity index (χ2n) is 3.04. The van der Waals surface area contributed by atoms with E-state index in [-0.39, 0.29) is 0 Å². The van der Waals surface area contributed by atoms with Crippen LogP contribution >= 0.6 is 11.8 Å². The Balaban J connectivity index is 2.56. The van der Waals surface area contributed by atoms with Crippen molar-refractivity contribution in [1.82, 2.24) is 9.78 Å². The number of aryl methyl sites for hydroxylation is 1. The fraction of sp³-hybridized carbons (Fsp3) is 0.667. The van der Waals surface area contributed by atoms with E-state index in [0.717, 1.165) is 5.75 Å². The van der Waals surface area contributed by atoms with Gasteiger partial charge in [-0.3, -0.25) is 4.68 Å². The minimum Gasteiger partial charge on any atom is -0.329 e. The van der Waals surface area contributed by atoms with Crippen molar-refractivity contribution in [3.63, 3.8) is 0 Å². The molecule has 1 aromatic rings. The highest BCUT2D eigenvalue weighted by atomic mass is 32.2. The Labute approximate surface area is 83.7 Å². The molecule has 3 nitrogen and oxygen atoms in total. The average molecular weight is 199 g/mol. The van der Waals surface area contributed by atoms with Gasteiger partial charge in [-0.2, -0.15) is 16.9 Å². The number of thioether (sulfide) groups is 1. The van der Waals surface area contributed by atoms with Crippen molar-refractivity contribution in [3.05, 3.63) is 18.0 Å². The molecular formula is C9H17N3S. The van der Waals surface area contributed by atoms with Gasteiger partial charge in [-0.05, 0) is 12.2 Å². The van der Waals surface area contributed by atoms with Gasteiger partial charge in [0.05, 0.1) is 6.20 Å². The van der Waals surface area contributed by atoms with Crippen LogP contribution in [0.15, 0.2) is 12.4 Å². The lowest BCUT2D eigenvalue weighted by molar-refractivity contribution is 0.766. The van der Waals surface area contributed by atoms with E-state index in [4.69, 9.17) is 5.73 Å². The first-order valence-electron chi connectivity index (χ1n) is 4.58. The van der Waals surface area contributed by atoms with Crippen LogP contribution in [0.4, 0.5) is 0 Å².